The Balaban J connectivity index is 1.95. The highest BCUT2D eigenvalue weighted by atomic mass is 16.6. The first-order valence-electron chi connectivity index (χ1n) is 5.05. The Hall–Kier alpha value is -2.15. The Morgan fingerprint density at radius 2 is 2.24 bits per heavy atom. The maximum Gasteiger partial charge on any atom is 0.319 e. The van der Waals surface area contributed by atoms with E-state index < -0.39 is 11.0 Å². The van der Waals surface area contributed by atoms with Crippen molar-refractivity contribution in [3.8, 4) is 0 Å². The third-order valence-corrected chi connectivity index (χ3v) is 2.29. The van der Waals surface area contributed by atoms with E-state index in [-0.39, 0.29) is 11.7 Å². The summed E-state index contributed by atoms with van der Waals surface area (Å²) < 4.78 is 4.90. The first-order valence-corrected chi connectivity index (χ1v) is 5.05. The van der Waals surface area contributed by atoms with Crippen molar-refractivity contribution < 1.29 is 14.5 Å². The average molecular weight is 237 g/mol. The summed E-state index contributed by atoms with van der Waals surface area (Å²) in [6, 6.07) is 5.40. The zero-order valence-corrected chi connectivity index (χ0v) is 8.88. The van der Waals surface area contributed by atoms with Crippen LogP contribution < -0.4 is 10.6 Å². The Labute approximate surface area is 96.9 Å². The summed E-state index contributed by atoms with van der Waals surface area (Å²) in [5.74, 6) is 0. The molecule has 0 bridgehead atoms. The highest BCUT2D eigenvalue weighted by Crippen LogP contribution is 2.16. The molecule has 2 N–H and O–H groups in total. The molecule has 0 aliphatic carbocycles. The number of amides is 2. The van der Waals surface area contributed by atoms with Crippen molar-refractivity contribution in [2.45, 2.75) is 6.04 Å². The molecule has 1 saturated heterocycles. The highest BCUT2D eigenvalue weighted by Gasteiger charge is 2.20. The second kappa shape index (κ2) is 4.79. The van der Waals surface area contributed by atoms with Crippen LogP contribution in [0, 0.1) is 10.1 Å². The molecular weight excluding hydrogens is 226 g/mol. The van der Waals surface area contributed by atoms with Gasteiger partial charge in [0.05, 0.1) is 24.2 Å². The van der Waals surface area contributed by atoms with Crippen molar-refractivity contribution in [3.63, 3.8) is 0 Å². The average Bonchev–Trinajstić information content (AvgIpc) is 2.24. The Kier molecular flexibility index (Phi) is 3.20. The normalized spacial score (nSPS) is 14.8. The van der Waals surface area contributed by atoms with E-state index >= 15 is 0 Å². The Morgan fingerprint density at radius 3 is 2.82 bits per heavy atom. The predicted molar refractivity (Wildman–Crippen MR) is 59.9 cm³/mol. The number of rotatable bonds is 3. The monoisotopic (exact) mass is 237 g/mol. The van der Waals surface area contributed by atoms with E-state index in [1.807, 2.05) is 0 Å². The fourth-order valence-electron chi connectivity index (χ4n) is 1.37. The third kappa shape index (κ3) is 2.91. The molecule has 0 spiro atoms. The number of nitrogens with one attached hydrogen (secondary N) is 2. The molecule has 1 heterocycles. The van der Waals surface area contributed by atoms with Gasteiger partial charge in [0.25, 0.3) is 5.69 Å². The van der Waals surface area contributed by atoms with Gasteiger partial charge < -0.3 is 15.4 Å². The molecule has 1 aromatic rings. The second-order valence-corrected chi connectivity index (χ2v) is 3.64. The van der Waals surface area contributed by atoms with Gasteiger partial charge in [0.15, 0.2) is 0 Å². The zero-order chi connectivity index (χ0) is 12.3. The van der Waals surface area contributed by atoms with E-state index in [2.05, 4.69) is 10.6 Å². The number of urea groups is 1. The van der Waals surface area contributed by atoms with Gasteiger partial charge in [-0.1, -0.05) is 6.07 Å². The molecule has 90 valence electrons. The number of ether oxygens (including phenoxy) is 1. The smallest absolute Gasteiger partial charge is 0.319 e. The van der Waals surface area contributed by atoms with Gasteiger partial charge in [-0.3, -0.25) is 10.1 Å². The summed E-state index contributed by atoms with van der Waals surface area (Å²) in [5, 5.41) is 15.7. The van der Waals surface area contributed by atoms with Crippen LogP contribution in [0.25, 0.3) is 0 Å². The minimum absolute atomic E-state index is 0.0219. The van der Waals surface area contributed by atoms with Gasteiger partial charge in [-0.05, 0) is 6.07 Å². The fraction of sp³-hybridized carbons (Fsp3) is 0.300. The van der Waals surface area contributed by atoms with E-state index in [4.69, 9.17) is 4.74 Å². The first kappa shape index (κ1) is 11.3. The van der Waals surface area contributed by atoms with Crippen LogP contribution in [0.15, 0.2) is 24.3 Å². The number of carbonyl (C=O) groups is 1. The molecule has 0 radical (unpaired) electrons. The molecule has 2 amide bonds. The van der Waals surface area contributed by atoms with Crippen LogP contribution in [0.3, 0.4) is 0 Å². The van der Waals surface area contributed by atoms with Gasteiger partial charge >= 0.3 is 6.03 Å². The SMILES string of the molecule is O=C(Nc1cccc([N+](=O)[O-])c1)NC1COC1. The fourth-order valence-corrected chi connectivity index (χ4v) is 1.37. The van der Waals surface area contributed by atoms with E-state index in [0.29, 0.717) is 18.9 Å². The number of carbonyl (C=O) groups excluding carboxylic acids is 1. The molecule has 17 heavy (non-hydrogen) atoms. The standard InChI is InChI=1S/C10H11N3O4/c14-10(12-8-5-17-6-8)11-7-2-1-3-9(4-7)13(15)16/h1-4,8H,5-6H2,(H2,11,12,14). The maximum atomic E-state index is 11.4. The number of hydrogen-bond acceptors (Lipinski definition) is 4. The molecule has 0 saturated carbocycles. The first-order chi connectivity index (χ1) is 8.15. The van der Waals surface area contributed by atoms with E-state index in [0.717, 1.165) is 0 Å². The third-order valence-electron chi connectivity index (χ3n) is 2.29. The molecule has 1 aromatic carbocycles. The second-order valence-electron chi connectivity index (χ2n) is 3.64. The molecule has 2 rings (SSSR count). The molecule has 7 heteroatoms. The zero-order valence-electron chi connectivity index (χ0n) is 8.88. The minimum atomic E-state index is -0.511. The van der Waals surface area contributed by atoms with E-state index in [1.54, 1.807) is 6.07 Å². The van der Waals surface area contributed by atoms with Crippen molar-refractivity contribution in [2.24, 2.45) is 0 Å². The van der Waals surface area contributed by atoms with Crippen molar-refractivity contribution in [2.75, 3.05) is 18.5 Å². The molecular formula is C10H11N3O4. The van der Waals surface area contributed by atoms with Crippen LogP contribution in [0.5, 0.6) is 0 Å². The van der Waals surface area contributed by atoms with Gasteiger partial charge in [0.1, 0.15) is 0 Å². The molecule has 0 unspecified atom stereocenters. The molecule has 0 aromatic heterocycles. The van der Waals surface area contributed by atoms with Crippen LogP contribution in [-0.2, 0) is 4.74 Å². The van der Waals surface area contributed by atoms with E-state index in [1.165, 1.54) is 18.2 Å². The van der Waals surface area contributed by atoms with Crippen LogP contribution >= 0.6 is 0 Å². The highest BCUT2D eigenvalue weighted by molar-refractivity contribution is 5.89. The maximum absolute atomic E-state index is 11.4. The van der Waals surface area contributed by atoms with Crippen LogP contribution in [0.2, 0.25) is 0 Å². The van der Waals surface area contributed by atoms with Gasteiger partial charge in [0.2, 0.25) is 0 Å². The lowest BCUT2D eigenvalue weighted by Gasteiger charge is -2.26. The lowest BCUT2D eigenvalue weighted by Crippen LogP contribution is -2.49. The minimum Gasteiger partial charge on any atom is -0.377 e. The molecule has 0 atom stereocenters. The number of benzene rings is 1. The molecule has 1 fully saturated rings. The number of anilines is 1. The van der Waals surface area contributed by atoms with Gasteiger partial charge in [-0.25, -0.2) is 4.79 Å². The lowest BCUT2D eigenvalue weighted by atomic mass is 10.2. The summed E-state index contributed by atoms with van der Waals surface area (Å²) in [4.78, 5) is 21.5. The Morgan fingerprint density at radius 1 is 1.47 bits per heavy atom. The van der Waals surface area contributed by atoms with E-state index in [9.17, 15) is 14.9 Å². The largest absolute Gasteiger partial charge is 0.377 e. The molecule has 1 aliphatic rings. The molecule has 7 nitrogen and oxygen atoms in total. The van der Waals surface area contributed by atoms with Gasteiger partial charge in [-0.15, -0.1) is 0 Å². The number of hydrogen-bond donors (Lipinski definition) is 2. The summed E-state index contributed by atoms with van der Waals surface area (Å²) in [7, 11) is 0. The lowest BCUT2D eigenvalue weighted by molar-refractivity contribution is -0.384. The summed E-state index contributed by atoms with van der Waals surface area (Å²) >= 11 is 0. The topological polar surface area (TPSA) is 93.5 Å². The van der Waals surface area contributed by atoms with Crippen molar-refractivity contribution in [3.05, 3.63) is 34.4 Å². The summed E-state index contributed by atoms with van der Waals surface area (Å²) in [6.07, 6.45) is 0. The van der Waals surface area contributed by atoms with Crippen molar-refractivity contribution in [1.29, 1.82) is 0 Å². The summed E-state index contributed by atoms with van der Waals surface area (Å²) in [5.41, 5.74) is 0.326. The number of nitrogens with zero attached hydrogens (tertiary/aromatic N) is 1. The van der Waals surface area contributed by atoms with Gasteiger partial charge in [-0.2, -0.15) is 0 Å². The Bertz CT molecular complexity index is 445. The van der Waals surface area contributed by atoms with Crippen molar-refractivity contribution >= 4 is 17.4 Å². The number of nitro groups is 1. The quantitative estimate of drug-likeness (QED) is 0.608. The number of nitro benzene ring substituents is 1. The summed E-state index contributed by atoms with van der Waals surface area (Å²) in [6.45, 7) is 1.00. The predicted octanol–water partition coefficient (Wildman–Crippen LogP) is 1.12. The number of non-ortho nitro benzene ring substituents is 1. The van der Waals surface area contributed by atoms with Crippen LogP contribution in [-0.4, -0.2) is 30.2 Å². The van der Waals surface area contributed by atoms with Crippen LogP contribution in [0.1, 0.15) is 0 Å². The molecule has 1 aliphatic heterocycles. The van der Waals surface area contributed by atoms with Crippen molar-refractivity contribution in [1.82, 2.24) is 5.32 Å². The van der Waals surface area contributed by atoms with Crippen LogP contribution in [0.4, 0.5) is 16.2 Å². The van der Waals surface area contributed by atoms with Gasteiger partial charge in [0, 0.05) is 17.8 Å².